The van der Waals surface area contributed by atoms with E-state index in [1.807, 2.05) is 0 Å². The standard InChI is InChI=1S/C9H14N4O2/c1-7(14)13-6-9(15)12-3-2-8-10-4-5-11-8/h4-5H,2-3,6H2,1H3,(H,10,11)(H,12,15)(H,13,14). The van der Waals surface area contributed by atoms with Crippen LogP contribution >= 0.6 is 0 Å². The highest BCUT2D eigenvalue weighted by molar-refractivity contribution is 5.83. The van der Waals surface area contributed by atoms with Crippen LogP contribution in [0.5, 0.6) is 0 Å². The topological polar surface area (TPSA) is 86.9 Å². The molecule has 6 nitrogen and oxygen atoms in total. The number of amides is 2. The fraction of sp³-hybridized carbons (Fsp3) is 0.444. The highest BCUT2D eigenvalue weighted by atomic mass is 16.2. The molecule has 1 aromatic rings. The molecule has 0 saturated heterocycles. The van der Waals surface area contributed by atoms with Gasteiger partial charge in [-0.1, -0.05) is 0 Å². The van der Waals surface area contributed by atoms with Crippen molar-refractivity contribution in [1.29, 1.82) is 0 Å². The van der Waals surface area contributed by atoms with E-state index in [1.54, 1.807) is 12.4 Å². The summed E-state index contributed by atoms with van der Waals surface area (Å²) in [5.74, 6) is 0.419. The molecule has 0 saturated carbocycles. The van der Waals surface area contributed by atoms with Crippen molar-refractivity contribution in [1.82, 2.24) is 20.6 Å². The summed E-state index contributed by atoms with van der Waals surface area (Å²) >= 11 is 0. The third-order valence-corrected chi connectivity index (χ3v) is 1.74. The second-order valence-corrected chi connectivity index (χ2v) is 3.05. The number of imidazole rings is 1. The van der Waals surface area contributed by atoms with E-state index in [0.29, 0.717) is 13.0 Å². The lowest BCUT2D eigenvalue weighted by atomic mass is 10.4. The number of nitrogens with one attached hydrogen (secondary N) is 3. The largest absolute Gasteiger partial charge is 0.354 e. The average Bonchev–Trinajstić information content (AvgIpc) is 2.67. The van der Waals surface area contributed by atoms with Gasteiger partial charge in [0.2, 0.25) is 11.8 Å². The Balaban J connectivity index is 2.09. The van der Waals surface area contributed by atoms with Crippen molar-refractivity contribution in [3.8, 4) is 0 Å². The second-order valence-electron chi connectivity index (χ2n) is 3.05. The monoisotopic (exact) mass is 210 g/mol. The Morgan fingerprint density at radius 1 is 1.47 bits per heavy atom. The van der Waals surface area contributed by atoms with Gasteiger partial charge in [0, 0.05) is 32.3 Å². The van der Waals surface area contributed by atoms with Crippen LogP contribution in [-0.4, -0.2) is 34.9 Å². The zero-order chi connectivity index (χ0) is 11.1. The van der Waals surface area contributed by atoms with Crippen molar-refractivity contribution in [2.24, 2.45) is 0 Å². The summed E-state index contributed by atoms with van der Waals surface area (Å²) in [5.41, 5.74) is 0. The van der Waals surface area contributed by atoms with E-state index in [1.165, 1.54) is 6.92 Å². The first-order chi connectivity index (χ1) is 7.18. The first-order valence-electron chi connectivity index (χ1n) is 4.68. The predicted octanol–water partition coefficient (Wildman–Crippen LogP) is -0.795. The number of hydrogen-bond donors (Lipinski definition) is 3. The van der Waals surface area contributed by atoms with Gasteiger partial charge < -0.3 is 15.6 Å². The van der Waals surface area contributed by atoms with Gasteiger partial charge >= 0.3 is 0 Å². The van der Waals surface area contributed by atoms with Gasteiger partial charge in [-0.05, 0) is 0 Å². The summed E-state index contributed by atoms with van der Waals surface area (Å²) in [6.45, 7) is 1.90. The van der Waals surface area contributed by atoms with Crippen molar-refractivity contribution in [2.45, 2.75) is 13.3 Å². The molecule has 0 fully saturated rings. The number of carbonyl (C=O) groups excluding carboxylic acids is 2. The molecule has 15 heavy (non-hydrogen) atoms. The number of nitrogens with zero attached hydrogens (tertiary/aromatic N) is 1. The molecule has 3 N–H and O–H groups in total. The summed E-state index contributed by atoms with van der Waals surface area (Å²) in [5, 5.41) is 5.08. The lowest BCUT2D eigenvalue weighted by molar-refractivity contribution is -0.125. The molecule has 6 heteroatoms. The van der Waals surface area contributed by atoms with Gasteiger partial charge in [-0.2, -0.15) is 0 Å². The van der Waals surface area contributed by atoms with Gasteiger partial charge in [0.25, 0.3) is 0 Å². The van der Waals surface area contributed by atoms with E-state index >= 15 is 0 Å². The Morgan fingerprint density at radius 3 is 2.87 bits per heavy atom. The fourth-order valence-electron chi connectivity index (χ4n) is 1.02. The van der Waals surface area contributed by atoms with Gasteiger partial charge in [-0.25, -0.2) is 4.98 Å². The number of aromatic amines is 1. The van der Waals surface area contributed by atoms with Crippen LogP contribution < -0.4 is 10.6 Å². The molecule has 82 valence electrons. The molecule has 2 amide bonds. The van der Waals surface area contributed by atoms with Gasteiger partial charge in [0.1, 0.15) is 5.82 Å². The molecule has 0 aliphatic rings. The highest BCUT2D eigenvalue weighted by Crippen LogP contribution is 1.87. The molecule has 1 heterocycles. The minimum Gasteiger partial charge on any atom is -0.354 e. The summed E-state index contributed by atoms with van der Waals surface area (Å²) < 4.78 is 0. The minimum atomic E-state index is -0.212. The predicted molar refractivity (Wildman–Crippen MR) is 54.0 cm³/mol. The molecule has 1 rings (SSSR count). The molecule has 0 unspecified atom stereocenters. The van der Waals surface area contributed by atoms with E-state index < -0.39 is 0 Å². The Kier molecular flexibility index (Phi) is 4.33. The smallest absolute Gasteiger partial charge is 0.239 e. The Hall–Kier alpha value is -1.85. The third-order valence-electron chi connectivity index (χ3n) is 1.74. The van der Waals surface area contributed by atoms with Crippen LogP contribution in [0.15, 0.2) is 12.4 Å². The van der Waals surface area contributed by atoms with Crippen LogP contribution in [0.3, 0.4) is 0 Å². The molecule has 0 atom stereocenters. The van der Waals surface area contributed by atoms with E-state index in [9.17, 15) is 9.59 Å². The number of H-pyrrole nitrogens is 1. The van der Waals surface area contributed by atoms with E-state index in [4.69, 9.17) is 0 Å². The van der Waals surface area contributed by atoms with Crippen LogP contribution in [0.4, 0.5) is 0 Å². The molecular formula is C9H14N4O2. The van der Waals surface area contributed by atoms with Crippen LogP contribution in [0.1, 0.15) is 12.7 Å². The van der Waals surface area contributed by atoms with Gasteiger partial charge in [0.15, 0.2) is 0 Å². The summed E-state index contributed by atoms with van der Waals surface area (Å²) in [6.07, 6.45) is 4.04. The molecule has 0 bridgehead atoms. The van der Waals surface area contributed by atoms with Crippen LogP contribution in [0.25, 0.3) is 0 Å². The minimum absolute atomic E-state index is 0.0213. The maximum atomic E-state index is 11.1. The maximum absolute atomic E-state index is 11.1. The Morgan fingerprint density at radius 2 is 2.27 bits per heavy atom. The quantitative estimate of drug-likeness (QED) is 0.595. The van der Waals surface area contributed by atoms with Crippen molar-refractivity contribution >= 4 is 11.8 Å². The zero-order valence-electron chi connectivity index (χ0n) is 8.54. The highest BCUT2D eigenvalue weighted by Gasteiger charge is 2.01. The molecular weight excluding hydrogens is 196 g/mol. The van der Waals surface area contributed by atoms with Crippen molar-refractivity contribution < 1.29 is 9.59 Å². The van der Waals surface area contributed by atoms with Crippen LogP contribution in [0.2, 0.25) is 0 Å². The number of carbonyl (C=O) groups is 2. The summed E-state index contributed by atoms with van der Waals surface area (Å²) in [7, 11) is 0. The maximum Gasteiger partial charge on any atom is 0.239 e. The van der Waals surface area contributed by atoms with Crippen LogP contribution in [-0.2, 0) is 16.0 Å². The van der Waals surface area contributed by atoms with Gasteiger partial charge in [0.05, 0.1) is 6.54 Å². The van der Waals surface area contributed by atoms with E-state index in [0.717, 1.165) is 5.82 Å². The Bertz CT molecular complexity index is 321. The van der Waals surface area contributed by atoms with Crippen molar-refractivity contribution in [2.75, 3.05) is 13.1 Å². The lowest BCUT2D eigenvalue weighted by Crippen LogP contribution is -2.36. The fourth-order valence-corrected chi connectivity index (χ4v) is 1.02. The van der Waals surface area contributed by atoms with Gasteiger partial charge in [-0.3, -0.25) is 9.59 Å². The molecule has 0 aliphatic carbocycles. The van der Waals surface area contributed by atoms with E-state index in [-0.39, 0.29) is 18.4 Å². The SMILES string of the molecule is CC(=O)NCC(=O)NCCc1ncc[nH]1. The number of aromatic nitrogens is 2. The Labute approximate surface area is 87.5 Å². The molecule has 0 radical (unpaired) electrons. The first-order valence-corrected chi connectivity index (χ1v) is 4.68. The summed E-state index contributed by atoms with van der Waals surface area (Å²) in [4.78, 5) is 28.6. The second kappa shape index (κ2) is 5.79. The van der Waals surface area contributed by atoms with Crippen LogP contribution in [0, 0.1) is 0 Å². The van der Waals surface area contributed by atoms with E-state index in [2.05, 4.69) is 20.6 Å². The summed E-state index contributed by atoms with van der Waals surface area (Å²) in [6, 6.07) is 0. The number of rotatable bonds is 5. The average molecular weight is 210 g/mol. The lowest BCUT2D eigenvalue weighted by Gasteiger charge is -2.03. The normalized spacial score (nSPS) is 9.67. The zero-order valence-corrected chi connectivity index (χ0v) is 8.54. The molecule has 0 aliphatic heterocycles. The van der Waals surface area contributed by atoms with Crippen molar-refractivity contribution in [3.05, 3.63) is 18.2 Å². The molecule has 0 aromatic carbocycles. The molecule has 1 aromatic heterocycles. The van der Waals surface area contributed by atoms with Gasteiger partial charge in [-0.15, -0.1) is 0 Å². The number of hydrogen-bond acceptors (Lipinski definition) is 3. The molecule has 0 spiro atoms. The first kappa shape index (κ1) is 11.2. The van der Waals surface area contributed by atoms with Crippen molar-refractivity contribution in [3.63, 3.8) is 0 Å². The third kappa shape index (κ3) is 4.80.